The van der Waals surface area contributed by atoms with Crippen molar-refractivity contribution in [3.05, 3.63) is 0 Å². The first kappa shape index (κ1) is 5.80. The van der Waals surface area contributed by atoms with Gasteiger partial charge in [-0.05, 0) is 5.28 Å². The Morgan fingerprint density at radius 3 is 2.33 bits per heavy atom. The standard InChI is InChI=1S/CH8N4O/c1-6-5(3)4-2/h4H,2-3H2,1H3. The molecule has 0 radical (unpaired) electrons. The van der Waals surface area contributed by atoms with Gasteiger partial charge in [0, 0.05) is 0 Å². The van der Waals surface area contributed by atoms with Crippen molar-refractivity contribution >= 4 is 0 Å². The summed E-state index contributed by atoms with van der Waals surface area (Å²) in [5, 5.41) is 0.778. The molecule has 0 saturated heterocycles. The van der Waals surface area contributed by atoms with E-state index in [-0.39, 0.29) is 0 Å². The normalized spacial score (nSPS) is 10.0. The van der Waals surface area contributed by atoms with Crippen molar-refractivity contribution in [3.8, 4) is 0 Å². The second kappa shape index (κ2) is 3.01. The fourth-order valence-corrected chi connectivity index (χ4v) is 0.0527. The fourth-order valence-electron chi connectivity index (χ4n) is 0.0527. The van der Waals surface area contributed by atoms with E-state index in [0.29, 0.717) is 0 Å². The fraction of sp³-hybridized carbons (Fsp3) is 1.00. The van der Waals surface area contributed by atoms with E-state index in [4.69, 9.17) is 11.7 Å². The van der Waals surface area contributed by atoms with Crippen LogP contribution in [0.1, 0.15) is 0 Å². The Morgan fingerprint density at radius 1 is 1.83 bits per heavy atom. The van der Waals surface area contributed by atoms with Crippen LogP contribution >= 0.6 is 0 Å². The Balaban J connectivity index is 2.75. The molecule has 5 heteroatoms. The predicted molar refractivity (Wildman–Crippen MR) is 20.4 cm³/mol. The van der Waals surface area contributed by atoms with Crippen LogP contribution in [0.25, 0.3) is 0 Å². The zero-order valence-corrected chi connectivity index (χ0v) is 3.51. The highest BCUT2D eigenvalue weighted by atomic mass is 16.7. The largest absolute Gasteiger partial charge is 0.272 e. The van der Waals surface area contributed by atoms with Gasteiger partial charge in [-0.25, -0.2) is 5.84 Å². The number of nitrogens with zero attached hydrogens (tertiary/aromatic N) is 1. The van der Waals surface area contributed by atoms with Crippen molar-refractivity contribution < 1.29 is 4.84 Å². The molecule has 0 bridgehead atoms. The van der Waals surface area contributed by atoms with Crippen LogP contribution in [0, 0.1) is 0 Å². The molecule has 0 atom stereocenters. The smallest absolute Gasteiger partial charge is 0.0607 e. The summed E-state index contributed by atoms with van der Waals surface area (Å²) in [7, 11) is 1.39. The lowest BCUT2D eigenvalue weighted by atomic mass is 11.7. The second-order valence-corrected chi connectivity index (χ2v) is 0.637. The van der Waals surface area contributed by atoms with Gasteiger partial charge in [-0.15, -0.1) is 0 Å². The SMILES string of the molecule is CON(N)NN. The van der Waals surface area contributed by atoms with Crippen molar-refractivity contribution in [2.75, 3.05) is 7.11 Å². The Kier molecular flexibility index (Phi) is 2.91. The third-order valence-corrected chi connectivity index (χ3v) is 0.324. The summed E-state index contributed by atoms with van der Waals surface area (Å²) in [6, 6.07) is 0. The molecule has 0 fully saturated rings. The minimum absolute atomic E-state index is 0.778. The highest BCUT2D eigenvalue weighted by Crippen LogP contribution is 1.56. The van der Waals surface area contributed by atoms with Crippen LogP contribution in [-0.4, -0.2) is 12.4 Å². The summed E-state index contributed by atoms with van der Waals surface area (Å²) < 4.78 is 0. The topological polar surface area (TPSA) is 76.5 Å². The van der Waals surface area contributed by atoms with Gasteiger partial charge in [-0.1, -0.05) is 0 Å². The van der Waals surface area contributed by atoms with E-state index >= 15 is 0 Å². The quantitative estimate of drug-likeness (QED) is 0.274. The summed E-state index contributed by atoms with van der Waals surface area (Å²) >= 11 is 0. The van der Waals surface area contributed by atoms with Crippen molar-refractivity contribution in [1.29, 1.82) is 0 Å². The first-order valence-corrected chi connectivity index (χ1v) is 1.36. The Hall–Kier alpha value is -0.200. The van der Waals surface area contributed by atoms with E-state index < -0.39 is 0 Å². The number of rotatable bonds is 2. The molecule has 0 aliphatic rings. The van der Waals surface area contributed by atoms with Gasteiger partial charge < -0.3 is 0 Å². The van der Waals surface area contributed by atoms with Crippen molar-refractivity contribution in [2.24, 2.45) is 11.7 Å². The van der Waals surface area contributed by atoms with E-state index in [2.05, 4.69) is 4.84 Å². The zero-order valence-electron chi connectivity index (χ0n) is 3.51. The average Bonchev–Trinajstić information content (AvgIpc) is 1.65. The first-order chi connectivity index (χ1) is 2.81. The van der Waals surface area contributed by atoms with Crippen LogP contribution in [0.3, 0.4) is 0 Å². The van der Waals surface area contributed by atoms with Gasteiger partial charge in [0.2, 0.25) is 0 Å². The van der Waals surface area contributed by atoms with E-state index in [1.807, 2.05) is 5.53 Å². The van der Waals surface area contributed by atoms with Crippen LogP contribution in [0.15, 0.2) is 0 Å². The van der Waals surface area contributed by atoms with Crippen LogP contribution in [0.5, 0.6) is 0 Å². The molecule has 0 rings (SSSR count). The number of hydrazine groups is 3. The lowest BCUT2D eigenvalue weighted by molar-refractivity contribution is -0.175. The van der Waals surface area contributed by atoms with Crippen LogP contribution in [-0.2, 0) is 4.84 Å². The molecule has 0 saturated carbocycles. The number of hydrogen-bond acceptors (Lipinski definition) is 5. The third-order valence-electron chi connectivity index (χ3n) is 0.324. The average molecular weight is 92.1 g/mol. The minimum atomic E-state index is 0.778. The molecule has 5 N–H and O–H groups in total. The van der Waals surface area contributed by atoms with Crippen molar-refractivity contribution in [3.63, 3.8) is 0 Å². The van der Waals surface area contributed by atoms with Crippen molar-refractivity contribution in [2.45, 2.75) is 0 Å². The maximum Gasteiger partial charge on any atom is 0.0607 e. The molecule has 0 heterocycles. The van der Waals surface area contributed by atoms with Crippen molar-refractivity contribution in [1.82, 2.24) is 10.8 Å². The molecule has 5 nitrogen and oxygen atoms in total. The monoisotopic (exact) mass is 92.1 g/mol. The molecule has 0 amide bonds. The molecule has 38 valence electrons. The highest BCUT2D eigenvalue weighted by Gasteiger charge is 1.80. The summed E-state index contributed by atoms with van der Waals surface area (Å²) in [5.74, 6) is 9.56. The lowest BCUT2D eigenvalue weighted by Crippen LogP contribution is -2.46. The maximum atomic E-state index is 4.85. The minimum Gasteiger partial charge on any atom is -0.272 e. The molecule has 0 aliphatic heterocycles. The molecule has 0 spiro atoms. The predicted octanol–water partition coefficient (Wildman–Crippen LogP) is -1.90. The number of nitrogens with two attached hydrogens (primary N) is 2. The van der Waals surface area contributed by atoms with Gasteiger partial charge in [0.1, 0.15) is 0 Å². The van der Waals surface area contributed by atoms with Gasteiger partial charge in [0.25, 0.3) is 0 Å². The van der Waals surface area contributed by atoms with Gasteiger partial charge in [-0.2, -0.15) is 5.53 Å². The van der Waals surface area contributed by atoms with Gasteiger partial charge in [0.15, 0.2) is 0 Å². The second-order valence-electron chi connectivity index (χ2n) is 0.637. The Morgan fingerprint density at radius 2 is 2.33 bits per heavy atom. The van der Waals surface area contributed by atoms with Crippen LogP contribution in [0.2, 0.25) is 0 Å². The van der Waals surface area contributed by atoms with Gasteiger partial charge in [0.05, 0.1) is 7.11 Å². The van der Waals surface area contributed by atoms with Gasteiger partial charge in [-0.3, -0.25) is 10.7 Å². The lowest BCUT2D eigenvalue weighted by Gasteiger charge is -2.07. The molecule has 6 heavy (non-hydrogen) atoms. The van der Waals surface area contributed by atoms with Crippen LogP contribution < -0.4 is 17.2 Å². The summed E-state index contributed by atoms with van der Waals surface area (Å²) in [4.78, 5) is 4.27. The van der Waals surface area contributed by atoms with Crippen LogP contribution in [0.4, 0.5) is 0 Å². The third kappa shape index (κ3) is 2.06. The number of hydrogen-bond donors (Lipinski definition) is 3. The molecule has 0 aromatic heterocycles. The summed E-state index contributed by atoms with van der Waals surface area (Å²) in [5.41, 5.74) is 2.00. The van der Waals surface area contributed by atoms with E-state index in [9.17, 15) is 0 Å². The summed E-state index contributed by atoms with van der Waals surface area (Å²) in [6.45, 7) is 0. The molecule has 0 unspecified atom stereocenters. The molecular formula is CH8N4O. The maximum absolute atomic E-state index is 4.85. The van der Waals surface area contributed by atoms with E-state index in [1.165, 1.54) is 7.11 Å². The van der Waals surface area contributed by atoms with E-state index in [0.717, 1.165) is 5.28 Å². The Bertz CT molecular complexity index is 26.7. The summed E-state index contributed by atoms with van der Waals surface area (Å²) in [6.07, 6.45) is 0. The molecule has 0 aromatic rings. The van der Waals surface area contributed by atoms with Gasteiger partial charge >= 0.3 is 0 Å². The first-order valence-electron chi connectivity index (χ1n) is 1.36. The molecular weight excluding hydrogens is 84.0 g/mol. The highest BCUT2D eigenvalue weighted by molar-refractivity contribution is 3.89. The van der Waals surface area contributed by atoms with E-state index in [1.54, 1.807) is 0 Å². The zero-order chi connectivity index (χ0) is 4.99. The molecule has 0 aliphatic carbocycles. The number of nitrogens with one attached hydrogen (secondary N) is 1. The Labute approximate surface area is 35.7 Å². The molecule has 0 aromatic carbocycles.